The van der Waals surface area contributed by atoms with Gasteiger partial charge in [0, 0.05) is 30.8 Å². The molecule has 2 aliphatic rings. The molecule has 1 atom stereocenters. The monoisotopic (exact) mass is 338 g/mol. The van der Waals surface area contributed by atoms with Crippen LogP contribution in [0.25, 0.3) is 16.5 Å². The third kappa shape index (κ3) is 2.22. The van der Waals surface area contributed by atoms with Crippen LogP contribution >= 0.6 is 0 Å². The second kappa shape index (κ2) is 5.92. The Morgan fingerprint density at radius 2 is 2.24 bits per heavy atom. The fourth-order valence-corrected chi connectivity index (χ4v) is 4.72. The first-order chi connectivity index (χ1) is 12.1. The summed E-state index contributed by atoms with van der Waals surface area (Å²) in [6.45, 7) is 2.44. The van der Waals surface area contributed by atoms with Gasteiger partial charge in [0.25, 0.3) is 0 Å². The van der Waals surface area contributed by atoms with Gasteiger partial charge < -0.3 is 9.53 Å². The first kappa shape index (κ1) is 16.2. The lowest BCUT2D eigenvalue weighted by Gasteiger charge is -2.34. The number of carbonyl (C=O) groups is 2. The second-order valence-electron chi connectivity index (χ2n) is 7.04. The minimum atomic E-state index is -0.221. The second-order valence-corrected chi connectivity index (χ2v) is 7.04. The summed E-state index contributed by atoms with van der Waals surface area (Å²) < 4.78 is 7.05. The summed E-state index contributed by atoms with van der Waals surface area (Å²) in [5, 5.41) is 5.54. The normalized spacial score (nSPS) is 22.4. The third-order valence-electron chi connectivity index (χ3n) is 5.80. The first-order valence-electron chi connectivity index (χ1n) is 8.82. The summed E-state index contributed by atoms with van der Waals surface area (Å²) in [6.07, 6.45) is 6.19. The van der Waals surface area contributed by atoms with E-state index in [0.29, 0.717) is 19.6 Å². The van der Waals surface area contributed by atoms with E-state index < -0.39 is 0 Å². The number of Topliss-reactive ketones (excluding diaryl/α,β-unsaturated/α-hetero) is 1. The van der Waals surface area contributed by atoms with Crippen molar-refractivity contribution in [3.63, 3.8) is 0 Å². The van der Waals surface area contributed by atoms with Crippen LogP contribution in [-0.2, 0) is 27.5 Å². The van der Waals surface area contributed by atoms with Gasteiger partial charge in [-0.2, -0.15) is 5.10 Å². The molecule has 5 nitrogen and oxygen atoms in total. The SMILES string of the molecule is CCC1=C2c3ccc4c(cnn4COC)c3CC2(CC=O)CCC1=O. The maximum atomic E-state index is 12.5. The van der Waals surface area contributed by atoms with Crippen LogP contribution in [-0.4, -0.2) is 29.0 Å². The Labute approximate surface area is 146 Å². The van der Waals surface area contributed by atoms with Crippen molar-refractivity contribution in [2.75, 3.05) is 7.11 Å². The van der Waals surface area contributed by atoms with E-state index >= 15 is 0 Å². The van der Waals surface area contributed by atoms with E-state index in [1.165, 1.54) is 5.56 Å². The van der Waals surface area contributed by atoms with Crippen molar-refractivity contribution >= 4 is 28.5 Å². The standard InChI is InChI=1S/C20H22N2O3/c1-3-13-18(24)6-7-20(8-9-23)10-15-14(19(13)20)4-5-17-16(15)11-21-22(17)12-25-2/h4-5,9,11H,3,6-8,10,12H2,1-2H3. The Bertz CT molecular complexity index is 909. The highest BCUT2D eigenvalue weighted by Gasteiger charge is 2.47. The minimum absolute atomic E-state index is 0.221. The van der Waals surface area contributed by atoms with Crippen LogP contribution < -0.4 is 0 Å². The van der Waals surface area contributed by atoms with Gasteiger partial charge in [-0.1, -0.05) is 13.0 Å². The van der Waals surface area contributed by atoms with Crippen LogP contribution in [0.1, 0.15) is 43.7 Å². The highest BCUT2D eigenvalue weighted by atomic mass is 16.5. The van der Waals surface area contributed by atoms with Crippen molar-refractivity contribution in [1.82, 2.24) is 9.78 Å². The lowest BCUT2D eigenvalue weighted by atomic mass is 9.67. The molecule has 2 aromatic rings. The molecule has 130 valence electrons. The Morgan fingerprint density at radius 3 is 2.96 bits per heavy atom. The molecule has 1 aromatic heterocycles. The molecule has 1 heterocycles. The number of aldehydes is 1. The van der Waals surface area contributed by atoms with Crippen LogP contribution in [0.15, 0.2) is 23.9 Å². The van der Waals surface area contributed by atoms with E-state index in [2.05, 4.69) is 17.2 Å². The fraction of sp³-hybridized carbons (Fsp3) is 0.450. The number of hydrogen-bond donors (Lipinski definition) is 0. The zero-order valence-corrected chi connectivity index (χ0v) is 14.7. The predicted octanol–water partition coefficient (Wildman–Crippen LogP) is 3.30. The average Bonchev–Trinajstić information content (AvgIpc) is 3.15. The van der Waals surface area contributed by atoms with Crippen LogP contribution in [0.2, 0.25) is 0 Å². The van der Waals surface area contributed by atoms with Crippen molar-refractivity contribution in [3.8, 4) is 0 Å². The van der Waals surface area contributed by atoms with Crippen molar-refractivity contribution in [3.05, 3.63) is 35.0 Å². The Hall–Kier alpha value is -2.27. The number of ether oxygens (including phenoxy) is 1. The molecule has 0 fully saturated rings. The first-order valence-corrected chi connectivity index (χ1v) is 8.82. The summed E-state index contributed by atoms with van der Waals surface area (Å²) in [7, 11) is 1.65. The third-order valence-corrected chi connectivity index (χ3v) is 5.80. The number of fused-ring (bicyclic) bond motifs is 5. The molecule has 2 aliphatic carbocycles. The van der Waals surface area contributed by atoms with E-state index in [9.17, 15) is 9.59 Å². The van der Waals surface area contributed by atoms with Gasteiger partial charge in [0.1, 0.15) is 13.0 Å². The lowest BCUT2D eigenvalue weighted by molar-refractivity contribution is -0.117. The zero-order chi connectivity index (χ0) is 17.6. The number of hydrogen-bond acceptors (Lipinski definition) is 4. The van der Waals surface area contributed by atoms with Gasteiger partial charge in [-0.15, -0.1) is 0 Å². The van der Waals surface area contributed by atoms with Gasteiger partial charge in [0.15, 0.2) is 5.78 Å². The number of carbonyl (C=O) groups excluding carboxylic acids is 2. The van der Waals surface area contributed by atoms with Gasteiger partial charge in [-0.05, 0) is 47.6 Å². The molecule has 0 amide bonds. The average molecular weight is 338 g/mol. The molecule has 25 heavy (non-hydrogen) atoms. The highest BCUT2D eigenvalue weighted by molar-refractivity contribution is 6.08. The molecule has 0 bridgehead atoms. The number of ketones is 1. The molecule has 0 saturated heterocycles. The van der Waals surface area contributed by atoms with E-state index in [1.807, 2.05) is 17.8 Å². The van der Waals surface area contributed by atoms with Crippen molar-refractivity contribution in [2.24, 2.45) is 5.41 Å². The number of nitrogens with zero attached hydrogens (tertiary/aromatic N) is 2. The van der Waals surface area contributed by atoms with Gasteiger partial charge in [0.05, 0.1) is 11.7 Å². The highest BCUT2D eigenvalue weighted by Crippen LogP contribution is 2.57. The number of benzene rings is 1. The fourth-order valence-electron chi connectivity index (χ4n) is 4.72. The molecule has 0 spiro atoms. The van der Waals surface area contributed by atoms with Crippen molar-refractivity contribution in [1.29, 1.82) is 0 Å². The summed E-state index contributed by atoms with van der Waals surface area (Å²) in [6, 6.07) is 4.15. The minimum Gasteiger partial charge on any atom is -0.362 e. The smallest absolute Gasteiger partial charge is 0.159 e. The molecule has 4 rings (SSSR count). The largest absolute Gasteiger partial charge is 0.362 e. The van der Waals surface area contributed by atoms with Gasteiger partial charge in [0.2, 0.25) is 0 Å². The van der Waals surface area contributed by atoms with E-state index in [1.54, 1.807) is 7.11 Å². The van der Waals surface area contributed by atoms with Gasteiger partial charge >= 0.3 is 0 Å². The summed E-state index contributed by atoms with van der Waals surface area (Å²) in [5.41, 5.74) is 5.20. The molecular formula is C20H22N2O3. The van der Waals surface area contributed by atoms with Crippen molar-refractivity contribution < 1.29 is 14.3 Å². The molecule has 5 heteroatoms. The van der Waals surface area contributed by atoms with E-state index in [0.717, 1.165) is 53.2 Å². The topological polar surface area (TPSA) is 61.2 Å². The quantitative estimate of drug-likeness (QED) is 0.785. The molecular weight excluding hydrogens is 316 g/mol. The van der Waals surface area contributed by atoms with Crippen LogP contribution in [0.5, 0.6) is 0 Å². The molecule has 1 unspecified atom stereocenters. The molecule has 0 radical (unpaired) electrons. The number of methoxy groups -OCH3 is 1. The number of rotatable bonds is 5. The molecule has 1 aromatic carbocycles. The lowest BCUT2D eigenvalue weighted by Crippen LogP contribution is -2.29. The summed E-state index contributed by atoms with van der Waals surface area (Å²) in [4.78, 5) is 23.9. The van der Waals surface area contributed by atoms with Gasteiger partial charge in [-0.25, -0.2) is 4.68 Å². The summed E-state index contributed by atoms with van der Waals surface area (Å²) in [5.74, 6) is 0.238. The molecule has 0 saturated carbocycles. The molecule has 0 aliphatic heterocycles. The maximum Gasteiger partial charge on any atom is 0.159 e. The zero-order valence-electron chi connectivity index (χ0n) is 14.7. The van der Waals surface area contributed by atoms with E-state index in [-0.39, 0.29) is 11.2 Å². The Kier molecular flexibility index (Phi) is 3.84. The molecule has 0 N–H and O–H groups in total. The van der Waals surface area contributed by atoms with E-state index in [4.69, 9.17) is 4.74 Å². The Morgan fingerprint density at radius 1 is 1.40 bits per heavy atom. The number of allylic oxidation sites excluding steroid dienone is 2. The number of aromatic nitrogens is 2. The maximum absolute atomic E-state index is 12.5. The van der Waals surface area contributed by atoms with Crippen LogP contribution in [0.4, 0.5) is 0 Å². The van der Waals surface area contributed by atoms with Crippen LogP contribution in [0.3, 0.4) is 0 Å². The summed E-state index contributed by atoms with van der Waals surface area (Å²) >= 11 is 0. The van der Waals surface area contributed by atoms with Crippen molar-refractivity contribution in [2.45, 2.75) is 45.8 Å². The Balaban J connectivity index is 1.98. The predicted molar refractivity (Wildman–Crippen MR) is 95.0 cm³/mol. The van der Waals surface area contributed by atoms with Gasteiger partial charge in [-0.3, -0.25) is 4.79 Å². The van der Waals surface area contributed by atoms with Crippen LogP contribution in [0, 0.1) is 5.41 Å².